The van der Waals surface area contributed by atoms with Crippen LogP contribution in [0.15, 0.2) is 46.9 Å². The van der Waals surface area contributed by atoms with Gasteiger partial charge < -0.3 is 9.64 Å². The van der Waals surface area contributed by atoms with Gasteiger partial charge in [-0.05, 0) is 54.8 Å². The summed E-state index contributed by atoms with van der Waals surface area (Å²) in [5, 5.41) is 9.03. The molecule has 1 aliphatic heterocycles. The highest BCUT2D eigenvalue weighted by Gasteiger charge is 2.26. The fraction of sp³-hybridized carbons (Fsp3) is 0.391. The highest BCUT2D eigenvalue weighted by molar-refractivity contribution is 9.10. The predicted molar refractivity (Wildman–Crippen MR) is 118 cm³/mol. The van der Waals surface area contributed by atoms with E-state index in [0.29, 0.717) is 32.7 Å². The van der Waals surface area contributed by atoms with Crippen molar-refractivity contribution in [1.82, 2.24) is 4.90 Å². The Labute approximate surface area is 181 Å². The Hall–Kier alpha value is -2.20. The summed E-state index contributed by atoms with van der Waals surface area (Å²) in [4.78, 5) is 17.0. The minimum atomic E-state index is -0.0428. The van der Waals surface area contributed by atoms with Crippen molar-refractivity contribution in [1.29, 1.82) is 5.26 Å². The molecule has 29 heavy (non-hydrogen) atoms. The number of amides is 1. The van der Waals surface area contributed by atoms with Crippen LogP contribution in [0, 0.1) is 25.2 Å². The molecule has 0 spiro atoms. The first-order valence-electron chi connectivity index (χ1n) is 9.82. The number of hydrogen-bond acceptors (Lipinski definition) is 4. The first-order chi connectivity index (χ1) is 14.0. The number of benzene rings is 2. The Kier molecular flexibility index (Phi) is 7.43. The molecule has 0 aliphatic carbocycles. The number of ether oxygens (including phenoxy) is 1. The molecule has 2 aromatic carbocycles. The van der Waals surface area contributed by atoms with Crippen molar-refractivity contribution in [3.05, 3.63) is 63.6 Å². The number of nitrogens with zero attached hydrogens (tertiary/aromatic N) is 3. The third kappa shape index (κ3) is 5.66. The van der Waals surface area contributed by atoms with Crippen LogP contribution in [0.1, 0.15) is 29.2 Å². The van der Waals surface area contributed by atoms with Gasteiger partial charge in [0.15, 0.2) is 0 Å². The maximum absolute atomic E-state index is 13.1. The van der Waals surface area contributed by atoms with E-state index >= 15 is 0 Å². The van der Waals surface area contributed by atoms with E-state index in [0.717, 1.165) is 27.8 Å². The fourth-order valence-corrected chi connectivity index (χ4v) is 3.72. The average Bonchev–Trinajstić information content (AvgIpc) is 2.71. The van der Waals surface area contributed by atoms with E-state index in [1.807, 2.05) is 49.4 Å². The number of carbonyl (C=O) groups excluding carboxylic acids is 1. The minimum Gasteiger partial charge on any atom is -0.371 e. The first-order valence-corrected chi connectivity index (χ1v) is 10.6. The number of aryl methyl sites for hydroxylation is 2. The highest BCUT2D eigenvalue weighted by atomic mass is 79.9. The molecule has 6 heteroatoms. The number of carbonyl (C=O) groups is 1. The zero-order valence-corrected chi connectivity index (χ0v) is 18.5. The summed E-state index contributed by atoms with van der Waals surface area (Å²) in [6.45, 7) is 6.79. The van der Waals surface area contributed by atoms with Crippen LogP contribution in [0.25, 0.3) is 0 Å². The van der Waals surface area contributed by atoms with Gasteiger partial charge in [-0.2, -0.15) is 5.26 Å². The van der Waals surface area contributed by atoms with E-state index in [9.17, 15) is 4.79 Å². The molecular weight excluding hydrogens is 430 g/mol. The number of halogens is 1. The molecule has 1 atom stereocenters. The lowest BCUT2D eigenvalue weighted by molar-refractivity contribution is -0.121. The summed E-state index contributed by atoms with van der Waals surface area (Å²) in [5.41, 5.74) is 4.29. The molecule has 152 valence electrons. The summed E-state index contributed by atoms with van der Waals surface area (Å²) in [6, 6.07) is 16.3. The molecule has 0 radical (unpaired) electrons. The van der Waals surface area contributed by atoms with Crippen molar-refractivity contribution in [3.8, 4) is 6.07 Å². The van der Waals surface area contributed by atoms with Crippen molar-refractivity contribution < 1.29 is 9.53 Å². The van der Waals surface area contributed by atoms with Gasteiger partial charge in [-0.3, -0.25) is 9.69 Å². The van der Waals surface area contributed by atoms with Gasteiger partial charge in [-0.1, -0.05) is 34.1 Å². The molecule has 1 unspecified atom stereocenters. The molecule has 1 amide bonds. The van der Waals surface area contributed by atoms with E-state index in [2.05, 4.69) is 33.8 Å². The summed E-state index contributed by atoms with van der Waals surface area (Å²) in [7, 11) is 0. The number of nitriles is 1. The van der Waals surface area contributed by atoms with Crippen LogP contribution in [-0.2, 0) is 9.53 Å². The molecule has 0 aromatic heterocycles. The summed E-state index contributed by atoms with van der Waals surface area (Å²) < 4.78 is 6.96. The van der Waals surface area contributed by atoms with E-state index in [1.54, 1.807) is 4.90 Å². The summed E-state index contributed by atoms with van der Waals surface area (Å²) in [6.07, 6.45) is 0.266. The summed E-state index contributed by atoms with van der Waals surface area (Å²) in [5.74, 6) is 0.0139. The van der Waals surface area contributed by atoms with Gasteiger partial charge in [0.2, 0.25) is 5.91 Å². The van der Waals surface area contributed by atoms with Crippen molar-refractivity contribution in [2.24, 2.45) is 0 Å². The van der Waals surface area contributed by atoms with Crippen molar-refractivity contribution in [2.75, 3.05) is 37.7 Å². The van der Waals surface area contributed by atoms with Crippen LogP contribution in [0.5, 0.6) is 0 Å². The molecule has 1 fully saturated rings. The van der Waals surface area contributed by atoms with E-state index in [-0.39, 0.29) is 12.0 Å². The second-order valence-electron chi connectivity index (χ2n) is 7.37. The zero-order chi connectivity index (χ0) is 20.8. The average molecular weight is 456 g/mol. The van der Waals surface area contributed by atoms with Gasteiger partial charge in [0.1, 0.15) is 0 Å². The molecule has 0 N–H and O–H groups in total. The van der Waals surface area contributed by atoms with Gasteiger partial charge >= 0.3 is 0 Å². The molecule has 1 saturated heterocycles. The zero-order valence-electron chi connectivity index (χ0n) is 16.9. The summed E-state index contributed by atoms with van der Waals surface area (Å²) >= 11 is 3.46. The van der Waals surface area contributed by atoms with Crippen LogP contribution >= 0.6 is 15.9 Å². The molecule has 5 nitrogen and oxygen atoms in total. The molecule has 1 heterocycles. The maximum Gasteiger partial charge on any atom is 0.241 e. The predicted octanol–water partition coefficient (Wildman–Crippen LogP) is 4.39. The topological polar surface area (TPSA) is 56.6 Å². The first kappa shape index (κ1) is 21.5. The van der Waals surface area contributed by atoms with Gasteiger partial charge in [0, 0.05) is 29.8 Å². The van der Waals surface area contributed by atoms with Gasteiger partial charge in [-0.25, -0.2) is 0 Å². The standard InChI is InChI=1S/C23H26BrN3O2/c1-17-4-9-21(14-18(17)2)27(11-3-10-25)23(28)16-26-12-13-29-22(15-26)19-5-7-20(24)8-6-19/h4-9,14,22H,3,11-13,15-16H2,1-2H3. The number of rotatable bonds is 6. The Morgan fingerprint density at radius 2 is 2.00 bits per heavy atom. The Bertz CT molecular complexity index is 892. The lowest BCUT2D eigenvalue weighted by atomic mass is 10.1. The third-order valence-electron chi connectivity index (χ3n) is 5.30. The van der Waals surface area contributed by atoms with Crippen molar-refractivity contribution in [2.45, 2.75) is 26.4 Å². The molecule has 0 saturated carbocycles. The second kappa shape index (κ2) is 10.0. The Morgan fingerprint density at radius 1 is 1.24 bits per heavy atom. The van der Waals surface area contributed by atoms with Crippen LogP contribution in [0.3, 0.4) is 0 Å². The second-order valence-corrected chi connectivity index (χ2v) is 8.28. The third-order valence-corrected chi connectivity index (χ3v) is 5.83. The minimum absolute atomic E-state index is 0.0139. The smallest absolute Gasteiger partial charge is 0.241 e. The van der Waals surface area contributed by atoms with Crippen molar-refractivity contribution in [3.63, 3.8) is 0 Å². The normalized spacial score (nSPS) is 17.0. The van der Waals surface area contributed by atoms with Gasteiger partial charge in [0.05, 0.1) is 31.7 Å². The molecule has 3 rings (SSSR count). The van der Waals surface area contributed by atoms with E-state index < -0.39 is 0 Å². The van der Waals surface area contributed by atoms with Gasteiger partial charge in [0.25, 0.3) is 0 Å². The fourth-order valence-electron chi connectivity index (χ4n) is 3.45. The maximum atomic E-state index is 13.1. The Morgan fingerprint density at radius 3 is 2.69 bits per heavy atom. The van der Waals surface area contributed by atoms with Crippen molar-refractivity contribution >= 4 is 27.5 Å². The molecule has 2 aromatic rings. The number of morpholine rings is 1. The monoisotopic (exact) mass is 455 g/mol. The van der Waals surface area contributed by atoms with Crippen LogP contribution in [0.4, 0.5) is 5.69 Å². The number of anilines is 1. The van der Waals surface area contributed by atoms with Gasteiger partial charge in [-0.15, -0.1) is 0 Å². The molecule has 1 aliphatic rings. The largest absolute Gasteiger partial charge is 0.371 e. The van der Waals surface area contributed by atoms with E-state index in [1.165, 1.54) is 5.56 Å². The highest BCUT2D eigenvalue weighted by Crippen LogP contribution is 2.25. The Balaban J connectivity index is 1.70. The van der Waals surface area contributed by atoms with E-state index in [4.69, 9.17) is 10.00 Å². The van der Waals surface area contributed by atoms with Crippen LogP contribution in [-0.4, -0.2) is 43.6 Å². The van der Waals surface area contributed by atoms with Crippen LogP contribution in [0.2, 0.25) is 0 Å². The molecule has 0 bridgehead atoms. The lowest BCUT2D eigenvalue weighted by Gasteiger charge is -2.34. The molecular formula is C23H26BrN3O2. The lowest BCUT2D eigenvalue weighted by Crippen LogP contribution is -2.46. The SMILES string of the molecule is Cc1ccc(N(CCC#N)C(=O)CN2CCOC(c3ccc(Br)cc3)C2)cc1C. The van der Waals surface area contributed by atoms with Crippen LogP contribution < -0.4 is 4.90 Å². The number of hydrogen-bond donors (Lipinski definition) is 0. The quantitative estimate of drug-likeness (QED) is 0.647.